The minimum Gasteiger partial charge on any atom is -0.359 e. The third kappa shape index (κ3) is 3.94. The van der Waals surface area contributed by atoms with Crippen LogP contribution in [0.5, 0.6) is 0 Å². The van der Waals surface area contributed by atoms with Crippen molar-refractivity contribution in [1.82, 2.24) is 5.32 Å². The molecule has 0 radical (unpaired) electrons. The molecule has 0 saturated heterocycles. The van der Waals surface area contributed by atoms with E-state index >= 15 is 0 Å². The largest absolute Gasteiger partial charge is 0.359 e. The summed E-state index contributed by atoms with van der Waals surface area (Å²) in [6.07, 6.45) is 5.90. The molecular formula is C8H18INO. The van der Waals surface area contributed by atoms with Crippen LogP contribution in [0.4, 0.5) is 0 Å². The summed E-state index contributed by atoms with van der Waals surface area (Å²) in [6, 6.07) is 0. The number of hydrogen-bond donors (Lipinski definition) is 1. The molecule has 1 fully saturated rings. The monoisotopic (exact) mass is 271 g/mol. The molecule has 1 amide bonds. The van der Waals surface area contributed by atoms with Gasteiger partial charge in [0, 0.05) is 14.9 Å². The van der Waals surface area contributed by atoms with E-state index < -0.39 is 0 Å². The maximum absolute atomic E-state index is 10.9. The Morgan fingerprint density at radius 2 is 2.09 bits per heavy atom. The van der Waals surface area contributed by atoms with Crippen LogP contribution in [0.2, 0.25) is 0 Å². The van der Waals surface area contributed by atoms with Gasteiger partial charge in [-0.2, -0.15) is 0 Å². The van der Waals surface area contributed by atoms with Crippen molar-refractivity contribution in [2.45, 2.75) is 32.1 Å². The number of carbonyl (C=O) groups is 1. The van der Waals surface area contributed by atoms with Gasteiger partial charge in [-0.25, -0.2) is 0 Å². The first-order chi connectivity index (χ1) is 4.83. The first kappa shape index (κ1) is 11.2. The fourth-order valence-corrected chi connectivity index (χ4v) is 1.58. The molecule has 0 heterocycles. The molecule has 0 unspecified atom stereocenters. The van der Waals surface area contributed by atoms with Gasteiger partial charge in [0.25, 0.3) is 0 Å². The number of nitrogens with one attached hydrogen (secondary N) is 1. The fourth-order valence-electron chi connectivity index (χ4n) is 1.58. The van der Waals surface area contributed by atoms with Crippen molar-refractivity contribution in [1.29, 1.82) is 0 Å². The molecule has 68 valence electrons. The van der Waals surface area contributed by atoms with Gasteiger partial charge in [0.2, 0.25) is 5.91 Å². The number of amides is 1. The first-order valence-corrected chi connectivity index (χ1v) is 4.03. The van der Waals surface area contributed by atoms with Crippen LogP contribution in [0.15, 0.2) is 0 Å². The molecule has 0 atom stereocenters. The van der Waals surface area contributed by atoms with Gasteiger partial charge in [-0.15, -0.1) is 24.0 Å². The number of carbonyl (C=O) groups excluding carboxylic acids is 1. The number of halogens is 1. The summed E-state index contributed by atoms with van der Waals surface area (Å²) in [4.78, 5) is 10.9. The molecule has 1 aliphatic carbocycles. The Morgan fingerprint density at radius 3 is 2.55 bits per heavy atom. The van der Waals surface area contributed by atoms with E-state index in [4.69, 9.17) is 0 Å². The van der Waals surface area contributed by atoms with Crippen molar-refractivity contribution < 1.29 is 6.22 Å². The lowest BCUT2D eigenvalue weighted by atomic mass is 10.0. The lowest BCUT2D eigenvalue weighted by Gasteiger charge is -2.05. The molecular weight excluding hydrogens is 253 g/mol. The molecule has 0 bridgehead atoms. The Hall–Kier alpha value is 0.200. The van der Waals surface area contributed by atoms with Crippen LogP contribution in [-0.2, 0) is 4.79 Å². The van der Waals surface area contributed by atoms with Crippen LogP contribution in [0.3, 0.4) is 0 Å². The van der Waals surface area contributed by atoms with Gasteiger partial charge >= 0.3 is 0 Å². The minimum atomic E-state index is 0. The topological polar surface area (TPSA) is 29.1 Å². The zero-order valence-electron chi connectivity index (χ0n) is 6.93. The molecule has 2 nitrogen and oxygen atoms in total. The third-order valence-corrected chi connectivity index (χ3v) is 2.23. The van der Waals surface area contributed by atoms with Gasteiger partial charge in [-0.3, -0.25) is 4.79 Å². The van der Waals surface area contributed by atoms with Gasteiger partial charge in [0.05, 0.1) is 0 Å². The number of hydrogen-bond acceptors (Lipinski definition) is 1. The van der Waals surface area contributed by atoms with Gasteiger partial charge in [0.15, 0.2) is 0 Å². The average Bonchev–Trinajstić information content (AvgIpc) is 2.40. The van der Waals surface area contributed by atoms with Crippen molar-refractivity contribution in [2.24, 2.45) is 5.92 Å². The highest BCUT2D eigenvalue weighted by Gasteiger charge is 2.17. The summed E-state index contributed by atoms with van der Waals surface area (Å²) >= 11 is 0. The molecule has 0 aliphatic heterocycles. The molecule has 0 aromatic rings. The van der Waals surface area contributed by atoms with Gasteiger partial charge < -0.3 is 5.32 Å². The molecule has 0 aromatic heterocycles. The van der Waals surface area contributed by atoms with E-state index in [1.165, 1.54) is 25.7 Å². The number of rotatable bonds is 2. The third-order valence-electron chi connectivity index (χ3n) is 2.23. The maximum atomic E-state index is 10.9. The maximum Gasteiger partial charge on any atom is 0.220 e. The van der Waals surface area contributed by atoms with Crippen molar-refractivity contribution in [3.8, 4) is 0 Å². The second-order valence-corrected chi connectivity index (χ2v) is 3.03. The van der Waals surface area contributed by atoms with Crippen LogP contribution in [0, 0.1) is 5.92 Å². The van der Waals surface area contributed by atoms with E-state index in [9.17, 15) is 4.79 Å². The quantitative estimate of drug-likeness (QED) is 0.766. The molecule has 3 heteroatoms. The summed E-state index contributed by atoms with van der Waals surface area (Å²) in [5.41, 5.74) is 0. The molecule has 1 saturated carbocycles. The summed E-state index contributed by atoms with van der Waals surface area (Å²) in [5, 5.41) is 2.65. The Balaban J connectivity index is 0. The van der Waals surface area contributed by atoms with Gasteiger partial charge in [0.1, 0.15) is 0 Å². The highest BCUT2D eigenvalue weighted by atomic mass is 127. The van der Waals surface area contributed by atoms with Crippen LogP contribution in [-0.4, -0.2) is 13.0 Å². The Morgan fingerprint density at radius 1 is 1.55 bits per heavy atom. The van der Waals surface area contributed by atoms with E-state index in [0.717, 1.165) is 6.42 Å². The van der Waals surface area contributed by atoms with Crippen molar-refractivity contribution >= 4 is 29.9 Å². The normalized spacial score (nSPS) is 17.5. The summed E-state index contributed by atoms with van der Waals surface area (Å²) < 4.78 is 0. The zero-order chi connectivity index (χ0) is 7.40. The minimum absolute atomic E-state index is 0. The predicted molar refractivity (Wildman–Crippen MR) is 58.2 cm³/mol. The van der Waals surface area contributed by atoms with Crippen LogP contribution in [0.1, 0.15) is 33.5 Å². The second-order valence-electron chi connectivity index (χ2n) is 3.03. The molecule has 1 N–H and O–H groups in total. The average molecular weight is 271 g/mol. The Labute approximate surface area is 86.6 Å². The predicted octanol–water partition coefficient (Wildman–Crippen LogP) is 2.18. The Bertz CT molecular complexity index is 126. The SMILES string of the molecule is CNC(=O)CC1CCCC1.I.[HH]. The fraction of sp³-hybridized carbons (Fsp3) is 0.875. The highest BCUT2D eigenvalue weighted by Crippen LogP contribution is 2.27. The summed E-state index contributed by atoms with van der Waals surface area (Å²) in [7, 11) is 1.71. The van der Waals surface area contributed by atoms with E-state index in [1.54, 1.807) is 7.05 Å². The van der Waals surface area contributed by atoms with E-state index in [-0.39, 0.29) is 31.3 Å². The lowest BCUT2D eigenvalue weighted by molar-refractivity contribution is -0.121. The molecule has 1 aliphatic rings. The van der Waals surface area contributed by atoms with Crippen molar-refractivity contribution in [3.05, 3.63) is 0 Å². The smallest absolute Gasteiger partial charge is 0.220 e. The molecule has 0 spiro atoms. The lowest BCUT2D eigenvalue weighted by Crippen LogP contribution is -2.20. The van der Waals surface area contributed by atoms with Crippen molar-refractivity contribution in [3.63, 3.8) is 0 Å². The van der Waals surface area contributed by atoms with Crippen LogP contribution in [0.25, 0.3) is 0 Å². The molecule has 0 aromatic carbocycles. The van der Waals surface area contributed by atoms with Gasteiger partial charge in [-0.05, 0) is 18.8 Å². The molecule has 1 rings (SSSR count). The zero-order valence-corrected chi connectivity index (χ0v) is 9.26. The van der Waals surface area contributed by atoms with Crippen molar-refractivity contribution in [2.75, 3.05) is 7.05 Å². The second kappa shape index (κ2) is 5.80. The van der Waals surface area contributed by atoms with E-state index in [0.29, 0.717) is 5.92 Å². The van der Waals surface area contributed by atoms with E-state index in [2.05, 4.69) is 5.32 Å². The van der Waals surface area contributed by atoms with E-state index in [1.807, 2.05) is 0 Å². The Kier molecular flexibility index (Phi) is 5.91. The van der Waals surface area contributed by atoms with Gasteiger partial charge in [-0.1, -0.05) is 12.8 Å². The highest BCUT2D eigenvalue weighted by molar-refractivity contribution is 14.0. The first-order valence-electron chi connectivity index (χ1n) is 4.03. The van der Waals surface area contributed by atoms with Crippen LogP contribution >= 0.6 is 24.0 Å². The standard InChI is InChI=1S/C8H15NO.HI.H2/c1-9-8(10)6-7-4-2-3-5-7;;/h7H,2-6H2,1H3,(H,9,10);2*1H. The summed E-state index contributed by atoms with van der Waals surface area (Å²) in [6.45, 7) is 0. The molecule has 11 heavy (non-hydrogen) atoms. The summed E-state index contributed by atoms with van der Waals surface area (Å²) in [5.74, 6) is 0.881. The van der Waals surface area contributed by atoms with Crippen LogP contribution < -0.4 is 5.32 Å².